The minimum atomic E-state index is 0.868. The van der Waals surface area contributed by atoms with E-state index in [1.165, 1.54) is 22.5 Å². The average Bonchev–Trinajstić information content (AvgIpc) is 2.74. The third-order valence-corrected chi connectivity index (χ3v) is 3.42. The van der Waals surface area contributed by atoms with E-state index in [0.29, 0.717) is 0 Å². The number of aromatic nitrogens is 2. The van der Waals surface area contributed by atoms with Crippen LogP contribution in [0.1, 0.15) is 11.3 Å². The van der Waals surface area contributed by atoms with Gasteiger partial charge in [-0.25, -0.2) is 0 Å². The summed E-state index contributed by atoms with van der Waals surface area (Å²) in [4.78, 5) is 0. The minimum Gasteiger partial charge on any atom is -0.497 e. The Balaban J connectivity index is 2.13. The van der Waals surface area contributed by atoms with Crippen LogP contribution in [0.5, 0.6) is 5.75 Å². The fourth-order valence-electron chi connectivity index (χ4n) is 2.58. The number of ether oxygens (including phenoxy) is 1. The van der Waals surface area contributed by atoms with E-state index in [9.17, 15) is 0 Å². The summed E-state index contributed by atoms with van der Waals surface area (Å²) in [6.07, 6.45) is 1.04. The van der Waals surface area contributed by atoms with E-state index >= 15 is 0 Å². The summed E-state index contributed by atoms with van der Waals surface area (Å²) in [7, 11) is 3.70. The second-order valence-electron chi connectivity index (χ2n) is 4.56. The van der Waals surface area contributed by atoms with Gasteiger partial charge in [0.1, 0.15) is 5.75 Å². The smallest absolute Gasteiger partial charge is 0.119 e. The molecule has 1 aliphatic heterocycles. The molecule has 18 heavy (non-hydrogen) atoms. The van der Waals surface area contributed by atoms with Gasteiger partial charge in [-0.3, -0.25) is 4.68 Å². The Morgan fingerprint density at radius 1 is 1.39 bits per heavy atom. The van der Waals surface area contributed by atoms with Crippen molar-refractivity contribution in [1.29, 1.82) is 0 Å². The van der Waals surface area contributed by atoms with Crippen molar-refractivity contribution in [2.75, 3.05) is 13.7 Å². The van der Waals surface area contributed by atoms with Crippen molar-refractivity contribution in [3.8, 4) is 17.0 Å². The maximum atomic E-state index is 5.29. The molecule has 4 nitrogen and oxygen atoms in total. The predicted molar refractivity (Wildman–Crippen MR) is 70.6 cm³/mol. The Hall–Kier alpha value is -1.81. The first kappa shape index (κ1) is 11.3. The number of rotatable bonds is 2. The quantitative estimate of drug-likeness (QED) is 0.873. The van der Waals surface area contributed by atoms with E-state index in [1.807, 2.05) is 23.9 Å². The van der Waals surface area contributed by atoms with Gasteiger partial charge in [0.15, 0.2) is 0 Å². The van der Waals surface area contributed by atoms with Crippen molar-refractivity contribution in [2.24, 2.45) is 7.05 Å². The molecule has 0 radical (unpaired) electrons. The number of aryl methyl sites for hydroxylation is 1. The van der Waals surface area contributed by atoms with Crippen LogP contribution >= 0.6 is 0 Å². The topological polar surface area (TPSA) is 39.1 Å². The Bertz CT molecular complexity index is 574. The zero-order valence-corrected chi connectivity index (χ0v) is 10.7. The molecule has 0 spiro atoms. The lowest BCUT2D eigenvalue weighted by Crippen LogP contribution is -2.23. The van der Waals surface area contributed by atoms with Crippen LogP contribution in [-0.4, -0.2) is 23.4 Å². The molecule has 2 heterocycles. The number of nitrogens with one attached hydrogen (secondary N) is 1. The standard InChI is InChI=1S/C14H17N3O/c1-17-14(10-4-3-5-11(8-10)18-2)12-6-7-15-9-13(12)16-17/h3-5,8,15H,6-7,9H2,1-2H3. The molecule has 0 bridgehead atoms. The molecule has 1 N–H and O–H groups in total. The molecule has 0 saturated heterocycles. The summed E-state index contributed by atoms with van der Waals surface area (Å²) in [6, 6.07) is 8.17. The molecule has 4 heteroatoms. The molecular formula is C14H17N3O. The van der Waals surface area contributed by atoms with Gasteiger partial charge in [0.2, 0.25) is 0 Å². The summed E-state index contributed by atoms with van der Waals surface area (Å²) in [5, 5.41) is 7.95. The van der Waals surface area contributed by atoms with Crippen LogP contribution in [0, 0.1) is 0 Å². The van der Waals surface area contributed by atoms with Gasteiger partial charge in [0.05, 0.1) is 18.5 Å². The lowest BCUT2D eigenvalue weighted by Gasteiger charge is -2.13. The van der Waals surface area contributed by atoms with Crippen LogP contribution in [0.15, 0.2) is 24.3 Å². The van der Waals surface area contributed by atoms with Gasteiger partial charge in [0, 0.05) is 24.7 Å². The molecule has 2 aromatic rings. The molecule has 1 aromatic carbocycles. The van der Waals surface area contributed by atoms with Gasteiger partial charge in [0.25, 0.3) is 0 Å². The monoisotopic (exact) mass is 243 g/mol. The lowest BCUT2D eigenvalue weighted by atomic mass is 10.0. The summed E-state index contributed by atoms with van der Waals surface area (Å²) in [6.45, 7) is 1.89. The zero-order valence-electron chi connectivity index (χ0n) is 10.7. The van der Waals surface area contributed by atoms with E-state index in [2.05, 4.69) is 22.5 Å². The second kappa shape index (κ2) is 4.46. The van der Waals surface area contributed by atoms with Crippen molar-refractivity contribution < 1.29 is 4.74 Å². The van der Waals surface area contributed by atoms with Gasteiger partial charge in [-0.15, -0.1) is 0 Å². The molecule has 0 amide bonds. The summed E-state index contributed by atoms with van der Waals surface area (Å²) < 4.78 is 7.27. The number of fused-ring (bicyclic) bond motifs is 1. The fraction of sp³-hybridized carbons (Fsp3) is 0.357. The molecule has 0 unspecified atom stereocenters. The van der Waals surface area contributed by atoms with Gasteiger partial charge < -0.3 is 10.1 Å². The minimum absolute atomic E-state index is 0.868. The van der Waals surface area contributed by atoms with Gasteiger partial charge >= 0.3 is 0 Å². The highest BCUT2D eigenvalue weighted by Gasteiger charge is 2.20. The third kappa shape index (κ3) is 1.78. The predicted octanol–water partition coefficient (Wildman–Crippen LogP) is 1.74. The zero-order chi connectivity index (χ0) is 12.5. The third-order valence-electron chi connectivity index (χ3n) is 3.42. The second-order valence-corrected chi connectivity index (χ2v) is 4.56. The van der Waals surface area contributed by atoms with Crippen LogP contribution in [0.4, 0.5) is 0 Å². The van der Waals surface area contributed by atoms with Crippen LogP contribution in [-0.2, 0) is 20.0 Å². The van der Waals surface area contributed by atoms with Crippen LogP contribution in [0.2, 0.25) is 0 Å². The molecule has 94 valence electrons. The average molecular weight is 243 g/mol. The van der Waals surface area contributed by atoms with Crippen LogP contribution in [0.3, 0.4) is 0 Å². The number of hydrogen-bond donors (Lipinski definition) is 1. The number of methoxy groups -OCH3 is 1. The number of hydrogen-bond acceptors (Lipinski definition) is 3. The summed E-state index contributed by atoms with van der Waals surface area (Å²) in [5.41, 5.74) is 4.92. The first-order valence-electron chi connectivity index (χ1n) is 6.19. The van der Waals surface area contributed by atoms with Crippen LogP contribution in [0.25, 0.3) is 11.3 Å². The highest BCUT2D eigenvalue weighted by molar-refractivity contribution is 5.66. The Kier molecular flexibility index (Phi) is 2.80. The van der Waals surface area contributed by atoms with Crippen molar-refractivity contribution in [2.45, 2.75) is 13.0 Å². The molecule has 0 aliphatic carbocycles. The lowest BCUT2D eigenvalue weighted by molar-refractivity contribution is 0.415. The summed E-state index contributed by atoms with van der Waals surface area (Å²) >= 11 is 0. The maximum Gasteiger partial charge on any atom is 0.119 e. The van der Waals surface area contributed by atoms with E-state index < -0.39 is 0 Å². The van der Waals surface area contributed by atoms with E-state index in [-0.39, 0.29) is 0 Å². The van der Waals surface area contributed by atoms with Crippen molar-refractivity contribution in [3.05, 3.63) is 35.5 Å². The molecule has 0 saturated carbocycles. The highest BCUT2D eigenvalue weighted by Crippen LogP contribution is 2.29. The van der Waals surface area contributed by atoms with Crippen molar-refractivity contribution in [3.63, 3.8) is 0 Å². The molecule has 1 aromatic heterocycles. The summed E-state index contributed by atoms with van der Waals surface area (Å²) in [5.74, 6) is 0.886. The number of benzene rings is 1. The van der Waals surface area contributed by atoms with Gasteiger partial charge in [-0.2, -0.15) is 5.10 Å². The Morgan fingerprint density at radius 2 is 2.28 bits per heavy atom. The van der Waals surface area contributed by atoms with E-state index in [1.54, 1.807) is 7.11 Å². The van der Waals surface area contributed by atoms with Gasteiger partial charge in [-0.05, 0) is 25.1 Å². The fourth-order valence-corrected chi connectivity index (χ4v) is 2.58. The van der Waals surface area contributed by atoms with Gasteiger partial charge in [-0.1, -0.05) is 12.1 Å². The molecule has 0 atom stereocenters. The Labute approximate surface area is 107 Å². The normalized spacial score (nSPS) is 14.3. The van der Waals surface area contributed by atoms with Crippen molar-refractivity contribution >= 4 is 0 Å². The van der Waals surface area contributed by atoms with E-state index in [4.69, 9.17) is 4.74 Å². The molecule has 0 fully saturated rings. The first-order chi connectivity index (χ1) is 8.79. The Morgan fingerprint density at radius 3 is 3.11 bits per heavy atom. The van der Waals surface area contributed by atoms with Crippen LogP contribution < -0.4 is 10.1 Å². The highest BCUT2D eigenvalue weighted by atomic mass is 16.5. The maximum absolute atomic E-state index is 5.29. The van der Waals surface area contributed by atoms with E-state index in [0.717, 1.165) is 25.3 Å². The molecule has 1 aliphatic rings. The van der Waals surface area contributed by atoms with Crippen molar-refractivity contribution in [1.82, 2.24) is 15.1 Å². The first-order valence-corrected chi connectivity index (χ1v) is 6.19. The SMILES string of the molecule is COc1cccc(-c2c3c(nn2C)CNCC3)c1. The largest absolute Gasteiger partial charge is 0.497 e. The number of nitrogens with zero attached hydrogens (tertiary/aromatic N) is 2. The molecular weight excluding hydrogens is 226 g/mol. The molecule has 3 rings (SSSR count).